The number of aryl methyl sites for hydroxylation is 1. The number of nitrogens with one attached hydrogen (secondary N) is 1. The van der Waals surface area contributed by atoms with Gasteiger partial charge in [-0.3, -0.25) is 19.1 Å². The Hall–Kier alpha value is -2.96. The number of carbonyl (C=O) groups is 1. The normalized spacial score (nSPS) is 11.1. The van der Waals surface area contributed by atoms with Crippen molar-refractivity contribution in [2.45, 2.75) is 27.3 Å². The van der Waals surface area contributed by atoms with E-state index in [0.29, 0.717) is 22.9 Å². The van der Waals surface area contributed by atoms with E-state index >= 15 is 0 Å². The summed E-state index contributed by atoms with van der Waals surface area (Å²) in [5.41, 5.74) is 3.62. The second-order valence-corrected chi connectivity index (χ2v) is 6.48. The summed E-state index contributed by atoms with van der Waals surface area (Å²) < 4.78 is 3.57. The van der Waals surface area contributed by atoms with E-state index in [1.165, 1.54) is 0 Å². The van der Waals surface area contributed by atoms with Crippen LogP contribution < -0.4 is 5.32 Å². The van der Waals surface area contributed by atoms with Crippen molar-refractivity contribution in [1.29, 1.82) is 0 Å². The van der Waals surface area contributed by atoms with E-state index in [2.05, 4.69) is 34.3 Å². The third-order valence-electron chi connectivity index (χ3n) is 3.92. The highest BCUT2D eigenvalue weighted by Gasteiger charge is 2.17. The van der Waals surface area contributed by atoms with Crippen LogP contribution in [-0.4, -0.2) is 30.5 Å². The molecule has 25 heavy (non-hydrogen) atoms. The summed E-state index contributed by atoms with van der Waals surface area (Å²) in [6, 6.07) is 3.63. The predicted octanol–water partition coefficient (Wildman–Crippen LogP) is 2.90. The Morgan fingerprint density at radius 3 is 2.76 bits per heavy atom. The van der Waals surface area contributed by atoms with Crippen molar-refractivity contribution in [2.24, 2.45) is 13.0 Å². The fourth-order valence-corrected chi connectivity index (χ4v) is 2.67. The highest BCUT2D eigenvalue weighted by Crippen LogP contribution is 2.25. The van der Waals surface area contributed by atoms with Gasteiger partial charge in [-0.1, -0.05) is 13.8 Å². The summed E-state index contributed by atoms with van der Waals surface area (Å²) in [5, 5.41) is 11.4. The van der Waals surface area contributed by atoms with Gasteiger partial charge in [0, 0.05) is 37.2 Å². The van der Waals surface area contributed by atoms with Crippen LogP contribution in [0.1, 0.15) is 29.9 Å². The van der Waals surface area contributed by atoms with Crippen molar-refractivity contribution in [3.63, 3.8) is 0 Å². The highest BCUT2D eigenvalue weighted by molar-refractivity contribution is 6.06. The SMILES string of the molecule is Cc1c(C(=O)Nc2cccnc2-c2cnn(C)c2)cnn1CC(C)C. The zero-order valence-corrected chi connectivity index (χ0v) is 14.9. The van der Waals surface area contributed by atoms with Gasteiger partial charge in [0.05, 0.1) is 29.3 Å². The summed E-state index contributed by atoms with van der Waals surface area (Å²) in [7, 11) is 1.84. The Morgan fingerprint density at radius 2 is 2.08 bits per heavy atom. The first-order valence-corrected chi connectivity index (χ1v) is 8.23. The average Bonchev–Trinajstić information content (AvgIpc) is 3.14. The van der Waals surface area contributed by atoms with Crippen LogP contribution in [0.25, 0.3) is 11.3 Å². The molecule has 3 aromatic heterocycles. The predicted molar refractivity (Wildman–Crippen MR) is 96.2 cm³/mol. The Bertz CT molecular complexity index is 893. The van der Waals surface area contributed by atoms with Gasteiger partial charge in [-0.25, -0.2) is 0 Å². The number of pyridine rings is 1. The van der Waals surface area contributed by atoms with Crippen molar-refractivity contribution < 1.29 is 4.79 Å². The van der Waals surface area contributed by atoms with E-state index in [0.717, 1.165) is 17.8 Å². The number of rotatable bonds is 5. The van der Waals surface area contributed by atoms with Crippen molar-refractivity contribution in [1.82, 2.24) is 24.5 Å². The molecule has 0 bridgehead atoms. The van der Waals surface area contributed by atoms with Crippen LogP contribution in [0, 0.1) is 12.8 Å². The number of amides is 1. The molecular formula is C18H22N6O. The molecule has 3 heterocycles. The molecule has 0 aliphatic heterocycles. The lowest BCUT2D eigenvalue weighted by Crippen LogP contribution is -2.15. The van der Waals surface area contributed by atoms with Gasteiger partial charge in [0.25, 0.3) is 5.91 Å². The van der Waals surface area contributed by atoms with Gasteiger partial charge >= 0.3 is 0 Å². The van der Waals surface area contributed by atoms with Crippen molar-refractivity contribution in [2.75, 3.05) is 5.32 Å². The summed E-state index contributed by atoms with van der Waals surface area (Å²) >= 11 is 0. The minimum atomic E-state index is -0.189. The molecule has 1 N–H and O–H groups in total. The number of nitrogens with zero attached hydrogens (tertiary/aromatic N) is 5. The molecule has 7 nitrogen and oxygen atoms in total. The van der Waals surface area contributed by atoms with Gasteiger partial charge < -0.3 is 5.32 Å². The topological polar surface area (TPSA) is 77.6 Å². The maximum Gasteiger partial charge on any atom is 0.259 e. The molecule has 0 fully saturated rings. The second-order valence-electron chi connectivity index (χ2n) is 6.48. The average molecular weight is 338 g/mol. The molecule has 0 unspecified atom stereocenters. The molecule has 0 aromatic carbocycles. The van der Waals surface area contributed by atoms with E-state index in [1.807, 2.05) is 30.9 Å². The molecule has 1 amide bonds. The largest absolute Gasteiger partial charge is 0.320 e. The molecule has 0 spiro atoms. The first kappa shape index (κ1) is 16.9. The first-order valence-electron chi connectivity index (χ1n) is 8.23. The Balaban J connectivity index is 1.86. The zero-order chi connectivity index (χ0) is 18.0. The lowest BCUT2D eigenvalue weighted by molar-refractivity contribution is 0.102. The number of hydrogen-bond acceptors (Lipinski definition) is 4. The molecule has 0 saturated carbocycles. The standard InChI is InChI=1S/C18H22N6O/c1-12(2)10-24-13(3)15(9-21-24)18(25)22-16-6-5-7-19-17(16)14-8-20-23(4)11-14/h5-9,11-12H,10H2,1-4H3,(H,22,25). The lowest BCUT2D eigenvalue weighted by atomic mass is 10.1. The molecule has 0 radical (unpaired) electrons. The van der Waals surface area contributed by atoms with Crippen LogP contribution in [0.4, 0.5) is 5.69 Å². The fraction of sp³-hybridized carbons (Fsp3) is 0.333. The maximum atomic E-state index is 12.7. The van der Waals surface area contributed by atoms with Crippen LogP contribution in [0.3, 0.4) is 0 Å². The number of hydrogen-bond donors (Lipinski definition) is 1. The number of aromatic nitrogens is 5. The van der Waals surface area contributed by atoms with E-state index in [1.54, 1.807) is 29.3 Å². The van der Waals surface area contributed by atoms with Gasteiger partial charge in [0.2, 0.25) is 0 Å². The zero-order valence-electron chi connectivity index (χ0n) is 14.9. The summed E-state index contributed by atoms with van der Waals surface area (Å²) in [4.78, 5) is 17.1. The molecule has 0 saturated heterocycles. The Labute approximate surface area is 146 Å². The van der Waals surface area contributed by atoms with E-state index in [-0.39, 0.29) is 5.91 Å². The van der Waals surface area contributed by atoms with Crippen molar-refractivity contribution >= 4 is 11.6 Å². The monoisotopic (exact) mass is 338 g/mol. The molecule has 7 heteroatoms. The molecule has 0 aliphatic carbocycles. The Morgan fingerprint density at radius 1 is 1.28 bits per heavy atom. The smallest absolute Gasteiger partial charge is 0.259 e. The second kappa shape index (κ2) is 6.88. The molecule has 3 aromatic rings. The summed E-state index contributed by atoms with van der Waals surface area (Å²) in [6.07, 6.45) is 6.91. The van der Waals surface area contributed by atoms with Crippen LogP contribution in [0.2, 0.25) is 0 Å². The number of carbonyl (C=O) groups excluding carboxylic acids is 1. The summed E-state index contributed by atoms with van der Waals surface area (Å²) in [5.74, 6) is 0.274. The van der Waals surface area contributed by atoms with Gasteiger partial charge in [0.1, 0.15) is 0 Å². The maximum absolute atomic E-state index is 12.7. The molecule has 0 atom stereocenters. The van der Waals surface area contributed by atoms with Crippen LogP contribution >= 0.6 is 0 Å². The van der Waals surface area contributed by atoms with Crippen LogP contribution in [0.15, 0.2) is 36.9 Å². The fourth-order valence-electron chi connectivity index (χ4n) is 2.67. The van der Waals surface area contributed by atoms with Gasteiger partial charge in [-0.15, -0.1) is 0 Å². The first-order chi connectivity index (χ1) is 12.0. The van der Waals surface area contributed by atoms with Crippen molar-refractivity contribution in [3.8, 4) is 11.3 Å². The summed E-state index contributed by atoms with van der Waals surface area (Å²) in [6.45, 7) is 6.94. The molecule has 130 valence electrons. The minimum absolute atomic E-state index is 0.189. The van der Waals surface area contributed by atoms with E-state index < -0.39 is 0 Å². The highest BCUT2D eigenvalue weighted by atomic mass is 16.1. The molecular weight excluding hydrogens is 316 g/mol. The Kier molecular flexibility index (Phi) is 4.65. The van der Waals surface area contributed by atoms with Crippen molar-refractivity contribution in [3.05, 3.63) is 48.2 Å². The third kappa shape index (κ3) is 3.60. The third-order valence-corrected chi connectivity index (χ3v) is 3.92. The quantitative estimate of drug-likeness (QED) is 0.776. The van der Waals surface area contributed by atoms with Gasteiger partial charge in [0.15, 0.2) is 0 Å². The van der Waals surface area contributed by atoms with Gasteiger partial charge in [-0.2, -0.15) is 10.2 Å². The minimum Gasteiger partial charge on any atom is -0.320 e. The lowest BCUT2D eigenvalue weighted by Gasteiger charge is -2.10. The molecule has 3 rings (SSSR count). The number of anilines is 1. The van der Waals surface area contributed by atoms with Crippen LogP contribution in [-0.2, 0) is 13.6 Å². The van der Waals surface area contributed by atoms with E-state index in [9.17, 15) is 4.79 Å². The van der Waals surface area contributed by atoms with Gasteiger partial charge in [-0.05, 0) is 25.0 Å². The van der Waals surface area contributed by atoms with Crippen LogP contribution in [0.5, 0.6) is 0 Å². The van der Waals surface area contributed by atoms with E-state index in [4.69, 9.17) is 0 Å². The molecule has 0 aliphatic rings.